The van der Waals surface area contributed by atoms with E-state index in [4.69, 9.17) is 4.74 Å². The fraction of sp³-hybridized carbons (Fsp3) is 0.0833. The number of halogens is 1. The largest absolute Gasteiger partial charge is 0.423 e. The van der Waals surface area contributed by atoms with Crippen molar-refractivity contribution in [2.45, 2.75) is 13.3 Å². The first-order valence-corrected chi connectivity index (χ1v) is 10.6. The van der Waals surface area contributed by atoms with E-state index in [1.54, 1.807) is 60.7 Å². The predicted octanol–water partition coefficient (Wildman–Crippen LogP) is 4.32. The molecule has 2 N–H and O–H groups in total. The molecule has 3 aromatic carbocycles. The highest BCUT2D eigenvalue weighted by molar-refractivity contribution is 9.10. The number of aryl methyl sites for hydroxylation is 1. The highest BCUT2D eigenvalue weighted by Gasteiger charge is 2.13. The van der Waals surface area contributed by atoms with E-state index in [1.165, 1.54) is 6.21 Å². The summed E-state index contributed by atoms with van der Waals surface area (Å²) in [4.78, 5) is 36.1. The average Bonchev–Trinajstić information content (AvgIpc) is 2.80. The Morgan fingerprint density at radius 1 is 0.938 bits per heavy atom. The van der Waals surface area contributed by atoms with E-state index in [2.05, 4.69) is 31.8 Å². The highest BCUT2D eigenvalue weighted by atomic mass is 79.9. The fourth-order valence-corrected chi connectivity index (χ4v) is 3.09. The van der Waals surface area contributed by atoms with Gasteiger partial charge in [-0.2, -0.15) is 5.10 Å². The Morgan fingerprint density at radius 3 is 2.28 bits per heavy atom. The van der Waals surface area contributed by atoms with Crippen molar-refractivity contribution in [1.82, 2.24) is 5.43 Å². The van der Waals surface area contributed by atoms with E-state index < -0.39 is 17.8 Å². The third-order valence-electron chi connectivity index (χ3n) is 4.39. The lowest BCUT2D eigenvalue weighted by atomic mass is 10.1. The first kappa shape index (κ1) is 22.9. The number of rotatable bonds is 6. The molecule has 0 heterocycles. The quantitative estimate of drug-likeness (QED) is 0.175. The van der Waals surface area contributed by atoms with Gasteiger partial charge in [0.1, 0.15) is 5.75 Å². The number of esters is 1. The number of benzene rings is 3. The minimum Gasteiger partial charge on any atom is -0.423 e. The number of anilines is 1. The number of ether oxygens (including phenoxy) is 1. The van der Waals surface area contributed by atoms with Gasteiger partial charge in [0.05, 0.1) is 11.8 Å². The van der Waals surface area contributed by atoms with Crippen LogP contribution in [0.25, 0.3) is 0 Å². The Kier molecular flexibility index (Phi) is 7.88. The Balaban J connectivity index is 1.50. The Labute approximate surface area is 193 Å². The van der Waals surface area contributed by atoms with E-state index in [1.807, 2.05) is 19.1 Å². The van der Waals surface area contributed by atoms with Crippen LogP contribution in [0.3, 0.4) is 0 Å². The molecular weight excluding hydrogens is 474 g/mol. The van der Waals surface area contributed by atoms with Crippen molar-refractivity contribution >= 4 is 45.6 Å². The van der Waals surface area contributed by atoms with Gasteiger partial charge in [0.15, 0.2) is 0 Å². The van der Waals surface area contributed by atoms with Gasteiger partial charge in [-0.3, -0.25) is 9.59 Å². The van der Waals surface area contributed by atoms with Crippen molar-refractivity contribution in [3.63, 3.8) is 0 Å². The van der Waals surface area contributed by atoms with Crippen LogP contribution in [0.1, 0.15) is 28.4 Å². The van der Waals surface area contributed by atoms with Gasteiger partial charge in [-0.15, -0.1) is 0 Å². The lowest BCUT2D eigenvalue weighted by molar-refractivity contribution is -0.136. The van der Waals surface area contributed by atoms with Crippen LogP contribution in [0.15, 0.2) is 82.4 Å². The molecule has 0 saturated carbocycles. The summed E-state index contributed by atoms with van der Waals surface area (Å²) in [7, 11) is 0. The number of hydrogen-bond acceptors (Lipinski definition) is 5. The lowest BCUT2D eigenvalue weighted by Gasteiger charge is -2.06. The van der Waals surface area contributed by atoms with Gasteiger partial charge in [0, 0.05) is 10.2 Å². The number of nitrogens with one attached hydrogen (secondary N) is 2. The zero-order valence-electron chi connectivity index (χ0n) is 17.2. The Morgan fingerprint density at radius 2 is 1.62 bits per heavy atom. The zero-order valence-corrected chi connectivity index (χ0v) is 18.8. The van der Waals surface area contributed by atoms with Crippen molar-refractivity contribution in [2.24, 2.45) is 5.10 Å². The SMILES string of the molecule is CCc1ccc(NC(=O)C(=O)N/N=C/c2ccc(OC(=O)c3ccccc3Br)cc2)cc1. The fourth-order valence-electron chi connectivity index (χ4n) is 2.64. The number of carbonyl (C=O) groups excluding carboxylic acids is 3. The highest BCUT2D eigenvalue weighted by Crippen LogP contribution is 2.19. The maximum atomic E-state index is 12.2. The summed E-state index contributed by atoms with van der Waals surface area (Å²) in [5.41, 5.74) is 4.89. The monoisotopic (exact) mass is 493 g/mol. The van der Waals surface area contributed by atoms with Gasteiger partial charge in [-0.25, -0.2) is 10.2 Å². The topological polar surface area (TPSA) is 96.9 Å². The molecular formula is C24H20BrN3O4. The average molecular weight is 494 g/mol. The molecule has 7 nitrogen and oxygen atoms in total. The number of carbonyl (C=O) groups is 3. The van der Waals surface area contributed by atoms with E-state index >= 15 is 0 Å². The zero-order chi connectivity index (χ0) is 22.9. The minimum absolute atomic E-state index is 0.361. The standard InChI is InChI=1S/C24H20BrN3O4/c1-2-16-7-11-18(12-8-16)27-22(29)23(30)28-26-15-17-9-13-19(14-10-17)32-24(31)20-5-3-4-6-21(20)25/h3-15H,2H2,1H3,(H,27,29)(H,28,30)/b26-15+. The van der Waals surface area contributed by atoms with Crippen LogP contribution >= 0.6 is 15.9 Å². The summed E-state index contributed by atoms with van der Waals surface area (Å²) in [5, 5.41) is 6.29. The summed E-state index contributed by atoms with van der Waals surface area (Å²) in [6.45, 7) is 2.03. The smallest absolute Gasteiger partial charge is 0.344 e. The molecule has 3 aromatic rings. The maximum absolute atomic E-state index is 12.2. The molecule has 0 aromatic heterocycles. The number of hydrazone groups is 1. The molecule has 0 saturated heterocycles. The van der Waals surface area contributed by atoms with Gasteiger partial charge in [0.2, 0.25) is 0 Å². The molecule has 0 bridgehead atoms. The molecule has 0 fully saturated rings. The Hall–Kier alpha value is -3.78. The van der Waals surface area contributed by atoms with Gasteiger partial charge in [0.25, 0.3) is 0 Å². The van der Waals surface area contributed by atoms with Crippen LogP contribution in [0, 0.1) is 0 Å². The summed E-state index contributed by atoms with van der Waals surface area (Å²) < 4.78 is 5.99. The predicted molar refractivity (Wildman–Crippen MR) is 126 cm³/mol. The van der Waals surface area contributed by atoms with E-state index in [-0.39, 0.29) is 0 Å². The summed E-state index contributed by atoms with van der Waals surface area (Å²) in [6.07, 6.45) is 2.26. The molecule has 0 aliphatic carbocycles. The summed E-state index contributed by atoms with van der Waals surface area (Å²) >= 11 is 3.32. The maximum Gasteiger partial charge on any atom is 0.344 e. The van der Waals surface area contributed by atoms with Crippen LogP contribution < -0.4 is 15.5 Å². The third kappa shape index (κ3) is 6.36. The van der Waals surface area contributed by atoms with E-state index in [0.29, 0.717) is 27.0 Å². The Bertz CT molecular complexity index is 1140. The van der Waals surface area contributed by atoms with Gasteiger partial charge in [-0.1, -0.05) is 31.2 Å². The third-order valence-corrected chi connectivity index (χ3v) is 5.08. The number of amides is 2. The van der Waals surface area contributed by atoms with E-state index in [0.717, 1.165) is 12.0 Å². The van der Waals surface area contributed by atoms with E-state index in [9.17, 15) is 14.4 Å². The molecule has 0 aliphatic rings. The molecule has 0 unspecified atom stereocenters. The minimum atomic E-state index is -0.889. The summed E-state index contributed by atoms with van der Waals surface area (Å²) in [6, 6.07) is 20.7. The number of hydrogen-bond donors (Lipinski definition) is 2. The lowest BCUT2D eigenvalue weighted by Crippen LogP contribution is -2.32. The van der Waals surface area contributed by atoms with Gasteiger partial charge < -0.3 is 10.1 Å². The normalized spacial score (nSPS) is 10.6. The van der Waals surface area contributed by atoms with Crippen LogP contribution in [0.4, 0.5) is 5.69 Å². The molecule has 8 heteroatoms. The van der Waals surface area contributed by atoms with Crippen LogP contribution in [-0.4, -0.2) is 24.0 Å². The van der Waals surface area contributed by atoms with Crippen molar-refractivity contribution in [1.29, 1.82) is 0 Å². The van der Waals surface area contributed by atoms with Crippen molar-refractivity contribution in [2.75, 3.05) is 5.32 Å². The molecule has 3 rings (SSSR count). The molecule has 0 spiro atoms. The molecule has 0 aliphatic heterocycles. The molecule has 162 valence electrons. The summed E-state index contributed by atoms with van der Waals surface area (Å²) in [5.74, 6) is -1.83. The van der Waals surface area contributed by atoms with Crippen molar-refractivity contribution < 1.29 is 19.1 Å². The molecule has 2 amide bonds. The first-order valence-electron chi connectivity index (χ1n) is 9.76. The molecule has 0 radical (unpaired) electrons. The van der Waals surface area contributed by atoms with Gasteiger partial charge in [-0.05, 0) is 82.0 Å². The second-order valence-electron chi connectivity index (χ2n) is 6.64. The van der Waals surface area contributed by atoms with Crippen LogP contribution in [-0.2, 0) is 16.0 Å². The second-order valence-corrected chi connectivity index (χ2v) is 7.50. The molecule has 0 atom stereocenters. The molecule has 32 heavy (non-hydrogen) atoms. The second kappa shape index (κ2) is 11.0. The first-order chi connectivity index (χ1) is 15.5. The number of nitrogens with zero attached hydrogens (tertiary/aromatic N) is 1. The van der Waals surface area contributed by atoms with Gasteiger partial charge >= 0.3 is 17.8 Å². The van der Waals surface area contributed by atoms with Crippen molar-refractivity contribution in [3.05, 3.63) is 94.0 Å². The van der Waals surface area contributed by atoms with Crippen LogP contribution in [0.5, 0.6) is 5.75 Å². The van der Waals surface area contributed by atoms with Crippen molar-refractivity contribution in [3.8, 4) is 5.75 Å². The van der Waals surface area contributed by atoms with Crippen LogP contribution in [0.2, 0.25) is 0 Å².